The van der Waals surface area contributed by atoms with Crippen LogP contribution in [0.1, 0.15) is 5.69 Å². The molecule has 70 valence electrons. The second-order valence-electron chi connectivity index (χ2n) is 3.04. The van der Waals surface area contributed by atoms with Gasteiger partial charge in [0, 0.05) is 18.1 Å². The summed E-state index contributed by atoms with van der Waals surface area (Å²) in [6.07, 6.45) is 2.90. The highest BCUT2D eigenvalue weighted by molar-refractivity contribution is 7.46. The molecule has 0 aliphatic heterocycles. The van der Waals surface area contributed by atoms with Crippen LogP contribution in [0.4, 0.5) is 0 Å². The Labute approximate surface area is 86.0 Å². The Balaban J connectivity index is 1.96. The first-order valence-corrected chi connectivity index (χ1v) is 5.85. The van der Waals surface area contributed by atoms with Gasteiger partial charge in [0.2, 0.25) is 0 Å². The van der Waals surface area contributed by atoms with E-state index in [1.54, 1.807) is 0 Å². The Hall–Kier alpha value is -1.20. The summed E-state index contributed by atoms with van der Waals surface area (Å²) in [5.41, 5.74) is 1.18. The molecule has 0 saturated heterocycles. The molecule has 1 atom stereocenters. The molecule has 1 aromatic heterocycles. The molecule has 0 saturated carbocycles. The summed E-state index contributed by atoms with van der Waals surface area (Å²) in [4.78, 5) is 4.30. The minimum atomic E-state index is 0.819. The van der Waals surface area contributed by atoms with Gasteiger partial charge in [0.25, 0.3) is 0 Å². The van der Waals surface area contributed by atoms with Crippen LogP contribution in [0.2, 0.25) is 0 Å². The molecule has 0 radical (unpaired) electrons. The fourth-order valence-electron chi connectivity index (χ4n) is 1.25. The zero-order chi connectivity index (χ0) is 9.64. The highest BCUT2D eigenvalue weighted by Crippen LogP contribution is 2.15. The van der Waals surface area contributed by atoms with E-state index in [9.17, 15) is 0 Å². The van der Waals surface area contributed by atoms with Gasteiger partial charge in [-0.1, -0.05) is 45.0 Å². The van der Waals surface area contributed by atoms with E-state index in [1.165, 1.54) is 11.0 Å². The summed E-state index contributed by atoms with van der Waals surface area (Å²) in [7, 11) is 0.819. The summed E-state index contributed by atoms with van der Waals surface area (Å²) in [5.74, 6) is 0. The van der Waals surface area contributed by atoms with Crippen molar-refractivity contribution >= 4 is 13.9 Å². The van der Waals surface area contributed by atoms with Crippen LogP contribution in [0.25, 0.3) is 0 Å². The molecule has 1 aromatic carbocycles. The summed E-state index contributed by atoms with van der Waals surface area (Å²) in [6.45, 7) is 0. The number of pyridine rings is 1. The smallest absolute Gasteiger partial charge is 0.0447 e. The average Bonchev–Trinajstić information content (AvgIpc) is 2.29. The van der Waals surface area contributed by atoms with Crippen molar-refractivity contribution in [2.24, 2.45) is 0 Å². The first-order chi connectivity index (χ1) is 6.95. The topological polar surface area (TPSA) is 12.9 Å². The fourth-order valence-corrected chi connectivity index (χ4v) is 2.27. The van der Waals surface area contributed by atoms with E-state index in [0.717, 1.165) is 14.7 Å². The molecule has 0 N–H and O–H groups in total. The van der Waals surface area contributed by atoms with Gasteiger partial charge in [-0.15, -0.1) is 0 Å². The van der Waals surface area contributed by atoms with Gasteiger partial charge in [0.1, 0.15) is 0 Å². The Morgan fingerprint density at radius 2 is 1.71 bits per heavy atom. The van der Waals surface area contributed by atoms with Crippen LogP contribution in [0.15, 0.2) is 54.7 Å². The lowest BCUT2D eigenvalue weighted by atomic mass is 10.4. The molecule has 0 fully saturated rings. The number of aromatic nitrogens is 1. The predicted molar refractivity (Wildman–Crippen MR) is 62.3 cm³/mol. The molecular weight excluding hydrogens is 189 g/mol. The average molecular weight is 201 g/mol. The van der Waals surface area contributed by atoms with Crippen molar-refractivity contribution < 1.29 is 0 Å². The maximum Gasteiger partial charge on any atom is 0.0447 e. The lowest BCUT2D eigenvalue weighted by Gasteiger charge is -2.00. The van der Waals surface area contributed by atoms with Gasteiger partial charge in [-0.05, 0) is 17.4 Å². The largest absolute Gasteiger partial charge is 0.261 e. The van der Waals surface area contributed by atoms with Crippen molar-refractivity contribution in [1.82, 2.24) is 4.98 Å². The van der Waals surface area contributed by atoms with Crippen LogP contribution in [0, 0.1) is 0 Å². The quantitative estimate of drug-likeness (QED) is 0.695. The zero-order valence-electron chi connectivity index (χ0n) is 7.85. The van der Waals surface area contributed by atoms with Crippen LogP contribution >= 0.6 is 8.58 Å². The van der Waals surface area contributed by atoms with E-state index >= 15 is 0 Å². The fraction of sp³-hybridized carbons (Fsp3) is 0.0833. The third-order valence-corrected chi connectivity index (χ3v) is 3.25. The lowest BCUT2D eigenvalue weighted by Crippen LogP contribution is -1.93. The van der Waals surface area contributed by atoms with Crippen LogP contribution in [-0.2, 0) is 6.16 Å². The van der Waals surface area contributed by atoms with Crippen LogP contribution in [0.3, 0.4) is 0 Å². The number of hydrogen-bond donors (Lipinski definition) is 0. The minimum Gasteiger partial charge on any atom is -0.261 e. The van der Waals surface area contributed by atoms with Crippen molar-refractivity contribution in [3.8, 4) is 0 Å². The number of nitrogens with zero attached hydrogens (tertiary/aromatic N) is 1. The Bertz CT molecular complexity index is 333. The molecule has 0 amide bonds. The van der Waals surface area contributed by atoms with E-state index in [1.807, 2.05) is 18.3 Å². The highest BCUT2D eigenvalue weighted by atomic mass is 31.1. The minimum absolute atomic E-state index is 0.819. The Morgan fingerprint density at radius 3 is 2.43 bits per heavy atom. The van der Waals surface area contributed by atoms with Crippen LogP contribution < -0.4 is 5.30 Å². The second kappa shape index (κ2) is 4.88. The van der Waals surface area contributed by atoms with Gasteiger partial charge in [-0.3, -0.25) is 4.98 Å². The summed E-state index contributed by atoms with van der Waals surface area (Å²) in [6, 6.07) is 16.6. The van der Waals surface area contributed by atoms with Crippen LogP contribution in [0.5, 0.6) is 0 Å². The van der Waals surface area contributed by atoms with Crippen molar-refractivity contribution in [3.63, 3.8) is 0 Å². The Kier molecular flexibility index (Phi) is 3.26. The standard InChI is InChI=1S/C12H12NP/c1-2-7-12(8-3-1)14-10-11-6-4-5-9-13-11/h1-9,14H,10H2. The number of benzene rings is 1. The predicted octanol–water partition coefficient (Wildman–Crippen LogP) is 2.59. The SMILES string of the molecule is c1ccc(PCc2ccccn2)cc1. The summed E-state index contributed by atoms with van der Waals surface area (Å²) in [5, 5.41) is 1.40. The van der Waals surface area contributed by atoms with Gasteiger partial charge >= 0.3 is 0 Å². The molecular formula is C12H12NP. The molecule has 0 spiro atoms. The summed E-state index contributed by atoms with van der Waals surface area (Å²) >= 11 is 0. The van der Waals surface area contributed by atoms with Gasteiger partial charge in [0.05, 0.1) is 0 Å². The van der Waals surface area contributed by atoms with Crippen molar-refractivity contribution in [2.45, 2.75) is 6.16 Å². The molecule has 1 unspecified atom stereocenters. The van der Waals surface area contributed by atoms with Crippen molar-refractivity contribution in [3.05, 3.63) is 60.4 Å². The molecule has 1 heterocycles. The van der Waals surface area contributed by atoms with E-state index in [-0.39, 0.29) is 0 Å². The van der Waals surface area contributed by atoms with E-state index in [0.29, 0.717) is 0 Å². The van der Waals surface area contributed by atoms with E-state index < -0.39 is 0 Å². The van der Waals surface area contributed by atoms with E-state index in [2.05, 4.69) is 41.4 Å². The van der Waals surface area contributed by atoms with Gasteiger partial charge in [-0.2, -0.15) is 0 Å². The Morgan fingerprint density at radius 1 is 0.929 bits per heavy atom. The molecule has 0 bridgehead atoms. The third kappa shape index (κ3) is 2.65. The first-order valence-electron chi connectivity index (χ1n) is 4.64. The van der Waals surface area contributed by atoms with Crippen molar-refractivity contribution in [1.29, 1.82) is 0 Å². The molecule has 1 nitrogen and oxygen atoms in total. The molecule has 2 heteroatoms. The van der Waals surface area contributed by atoms with Gasteiger partial charge in [0.15, 0.2) is 0 Å². The molecule has 14 heavy (non-hydrogen) atoms. The molecule has 2 aromatic rings. The maximum absolute atomic E-state index is 4.30. The zero-order valence-corrected chi connectivity index (χ0v) is 8.85. The van der Waals surface area contributed by atoms with Crippen molar-refractivity contribution in [2.75, 3.05) is 0 Å². The second-order valence-corrected chi connectivity index (χ2v) is 4.33. The highest BCUT2D eigenvalue weighted by Gasteiger charge is 1.94. The molecule has 0 aliphatic carbocycles. The normalized spacial score (nSPS) is 10.9. The maximum atomic E-state index is 4.30. The monoisotopic (exact) mass is 201 g/mol. The van der Waals surface area contributed by atoms with Gasteiger partial charge in [-0.25, -0.2) is 0 Å². The van der Waals surface area contributed by atoms with E-state index in [4.69, 9.17) is 0 Å². The number of hydrogen-bond acceptors (Lipinski definition) is 1. The molecule has 0 aliphatic rings. The van der Waals surface area contributed by atoms with Crippen LogP contribution in [-0.4, -0.2) is 4.98 Å². The lowest BCUT2D eigenvalue weighted by molar-refractivity contribution is 1.17. The number of rotatable bonds is 3. The van der Waals surface area contributed by atoms with Gasteiger partial charge < -0.3 is 0 Å². The molecule has 2 rings (SSSR count). The third-order valence-electron chi connectivity index (χ3n) is 1.97. The summed E-state index contributed by atoms with van der Waals surface area (Å²) < 4.78 is 0. The first kappa shape index (κ1) is 9.36.